The van der Waals surface area contributed by atoms with E-state index in [2.05, 4.69) is 88.9 Å². The maximum atomic E-state index is 12.2. The number of aliphatic hydroxyl groups is 2. The number of hydrogen-bond acceptors (Lipinski definition) is 3. The molecule has 0 bridgehead atoms. The van der Waals surface area contributed by atoms with Gasteiger partial charge in [0.25, 0.3) is 0 Å². The highest BCUT2D eigenvalue weighted by Gasteiger charge is 2.64. The zero-order valence-electron chi connectivity index (χ0n) is 23.3. The molecule has 0 radical (unpaired) electrons. The number of fused-ring (bicyclic) bond motifs is 5. The summed E-state index contributed by atoms with van der Waals surface area (Å²) >= 11 is 0. The van der Waals surface area contributed by atoms with Crippen molar-refractivity contribution < 1.29 is 10.2 Å². The molecule has 1 aromatic carbocycles. The van der Waals surface area contributed by atoms with Gasteiger partial charge in [0.15, 0.2) is 0 Å². The van der Waals surface area contributed by atoms with Gasteiger partial charge in [-0.05, 0) is 112 Å². The fraction of sp³-hybridized carbons (Fsp3) is 0.697. The molecular formula is C33H47NO2. The van der Waals surface area contributed by atoms with E-state index in [0.717, 1.165) is 44.9 Å². The van der Waals surface area contributed by atoms with Crippen LogP contribution >= 0.6 is 0 Å². The highest BCUT2D eigenvalue weighted by Crippen LogP contribution is 2.68. The maximum Gasteiger partial charge on any atom is 0.131 e. The van der Waals surface area contributed by atoms with E-state index in [9.17, 15) is 10.2 Å². The molecule has 1 unspecified atom stereocenters. The molecule has 2 N–H and O–H groups in total. The van der Waals surface area contributed by atoms with Crippen molar-refractivity contribution >= 4 is 5.69 Å². The number of benzene rings is 1. The molecular weight excluding hydrogens is 442 g/mol. The molecule has 3 nitrogen and oxygen atoms in total. The standard InChI is InChI=1S/C33H47NO2/c1-7-31(2,3)18-19-33(36)17-16-29-27-14-10-23-20-25(35)13-15-26(23)30(27)28(21-32(29,33)4)22-8-11-24(12-9-22)34(5)6/h8-9,11-12,20,25-30,35-36H,7,10,13-17,21H2,1-6H3/t25?,26-,27-,28+,29-,30+,32-,33+/m0/s1. The average Bonchev–Trinajstić information content (AvgIpc) is 3.12. The summed E-state index contributed by atoms with van der Waals surface area (Å²) in [4.78, 5) is 2.16. The summed E-state index contributed by atoms with van der Waals surface area (Å²) < 4.78 is 0. The van der Waals surface area contributed by atoms with E-state index in [1.807, 2.05) is 0 Å². The van der Waals surface area contributed by atoms with Gasteiger partial charge in [-0.1, -0.05) is 49.5 Å². The summed E-state index contributed by atoms with van der Waals surface area (Å²) in [5.74, 6) is 9.67. The molecule has 4 aliphatic rings. The molecule has 0 heterocycles. The van der Waals surface area contributed by atoms with Crippen molar-refractivity contribution in [1.29, 1.82) is 0 Å². The molecule has 3 heteroatoms. The van der Waals surface area contributed by atoms with Gasteiger partial charge < -0.3 is 15.1 Å². The molecule has 0 saturated heterocycles. The third-order valence-corrected chi connectivity index (χ3v) is 10.9. The molecule has 0 spiro atoms. The summed E-state index contributed by atoms with van der Waals surface area (Å²) in [7, 11) is 4.19. The van der Waals surface area contributed by atoms with Gasteiger partial charge in [-0.25, -0.2) is 0 Å². The predicted octanol–water partition coefficient (Wildman–Crippen LogP) is 6.55. The Morgan fingerprint density at radius 3 is 2.44 bits per heavy atom. The molecule has 0 amide bonds. The molecule has 8 atom stereocenters. The molecule has 36 heavy (non-hydrogen) atoms. The third-order valence-electron chi connectivity index (χ3n) is 10.9. The lowest BCUT2D eigenvalue weighted by molar-refractivity contribution is -0.0966. The van der Waals surface area contributed by atoms with Gasteiger partial charge in [0.2, 0.25) is 0 Å². The van der Waals surface area contributed by atoms with E-state index in [1.54, 1.807) is 0 Å². The van der Waals surface area contributed by atoms with Crippen LogP contribution in [0.25, 0.3) is 0 Å². The minimum absolute atomic E-state index is 0.0732. The number of rotatable bonds is 3. The number of hydrogen-bond donors (Lipinski definition) is 2. The first-order valence-corrected chi connectivity index (χ1v) is 14.4. The SMILES string of the molecule is CCC(C)(C)C#C[C@]1(O)CC[C@H]2[C@@H]3CCC4=CC(O)CC[C@@H]4[C@H]3[C@@H](c3ccc(N(C)C)cc3)C[C@@]21C. The monoisotopic (exact) mass is 489 g/mol. The Morgan fingerprint density at radius 1 is 1.06 bits per heavy atom. The Bertz CT molecular complexity index is 1060. The van der Waals surface area contributed by atoms with Crippen LogP contribution in [0, 0.1) is 46.3 Å². The van der Waals surface area contributed by atoms with Gasteiger partial charge in [0.1, 0.15) is 5.60 Å². The second kappa shape index (κ2) is 9.21. The Kier molecular flexibility index (Phi) is 6.62. The van der Waals surface area contributed by atoms with Crippen LogP contribution in [0.3, 0.4) is 0 Å². The quantitative estimate of drug-likeness (QED) is 0.374. The summed E-state index contributed by atoms with van der Waals surface area (Å²) in [6.07, 6.45) is 10.0. The van der Waals surface area contributed by atoms with E-state index in [-0.39, 0.29) is 16.9 Å². The fourth-order valence-corrected chi connectivity index (χ4v) is 8.37. The molecule has 0 aromatic heterocycles. The van der Waals surface area contributed by atoms with Crippen LogP contribution in [0.2, 0.25) is 0 Å². The predicted molar refractivity (Wildman–Crippen MR) is 149 cm³/mol. The van der Waals surface area contributed by atoms with Gasteiger partial charge in [0.05, 0.1) is 6.10 Å². The van der Waals surface area contributed by atoms with Crippen molar-refractivity contribution in [2.45, 2.75) is 96.7 Å². The highest BCUT2D eigenvalue weighted by atomic mass is 16.3. The van der Waals surface area contributed by atoms with Crippen molar-refractivity contribution in [2.75, 3.05) is 19.0 Å². The number of aliphatic hydroxyl groups excluding tert-OH is 1. The van der Waals surface area contributed by atoms with Gasteiger partial charge in [-0.3, -0.25) is 0 Å². The van der Waals surface area contributed by atoms with Crippen LogP contribution in [0.15, 0.2) is 35.9 Å². The summed E-state index contributed by atoms with van der Waals surface area (Å²) in [5, 5.41) is 22.6. The smallest absolute Gasteiger partial charge is 0.131 e. The minimum atomic E-state index is -0.921. The van der Waals surface area contributed by atoms with Crippen molar-refractivity contribution in [3.8, 4) is 11.8 Å². The lowest BCUT2D eigenvalue weighted by atomic mass is 9.46. The second-order valence-electron chi connectivity index (χ2n) is 13.5. The first kappa shape index (κ1) is 25.9. The van der Waals surface area contributed by atoms with Gasteiger partial charge in [-0.2, -0.15) is 0 Å². The van der Waals surface area contributed by atoms with Crippen LogP contribution in [-0.2, 0) is 0 Å². The van der Waals surface area contributed by atoms with Gasteiger partial charge in [-0.15, -0.1) is 0 Å². The lowest BCUT2D eigenvalue weighted by Gasteiger charge is -2.58. The van der Waals surface area contributed by atoms with Crippen molar-refractivity contribution in [3.05, 3.63) is 41.5 Å². The largest absolute Gasteiger partial charge is 0.389 e. The molecule has 5 rings (SSSR count). The maximum absolute atomic E-state index is 12.2. The van der Waals surface area contributed by atoms with Crippen LogP contribution < -0.4 is 4.90 Å². The van der Waals surface area contributed by atoms with Crippen LogP contribution in [0.4, 0.5) is 5.69 Å². The summed E-state index contributed by atoms with van der Waals surface area (Å²) in [6, 6.07) is 9.20. The molecule has 0 aliphatic heterocycles. The van der Waals surface area contributed by atoms with Crippen molar-refractivity contribution in [3.63, 3.8) is 0 Å². The number of nitrogens with zero attached hydrogens (tertiary/aromatic N) is 1. The van der Waals surface area contributed by atoms with Crippen molar-refractivity contribution in [1.82, 2.24) is 0 Å². The fourth-order valence-electron chi connectivity index (χ4n) is 8.37. The van der Waals surface area contributed by atoms with E-state index in [4.69, 9.17) is 0 Å². The van der Waals surface area contributed by atoms with E-state index >= 15 is 0 Å². The molecule has 196 valence electrons. The topological polar surface area (TPSA) is 43.7 Å². The number of anilines is 1. The minimum Gasteiger partial charge on any atom is -0.389 e. The van der Waals surface area contributed by atoms with Crippen LogP contribution in [0.5, 0.6) is 0 Å². The first-order valence-electron chi connectivity index (χ1n) is 14.4. The van der Waals surface area contributed by atoms with E-state index in [1.165, 1.54) is 23.2 Å². The van der Waals surface area contributed by atoms with Crippen LogP contribution in [0.1, 0.15) is 90.5 Å². The summed E-state index contributed by atoms with van der Waals surface area (Å²) in [5.41, 5.74) is 2.95. The Hall–Kier alpha value is -1.76. The normalized spacial score (nSPS) is 39.7. The molecule has 3 saturated carbocycles. The third kappa shape index (κ3) is 4.23. The van der Waals surface area contributed by atoms with Gasteiger partial charge in [0, 0.05) is 30.6 Å². The molecule has 1 aromatic rings. The highest BCUT2D eigenvalue weighted by molar-refractivity contribution is 5.47. The number of allylic oxidation sites excluding steroid dienone is 1. The Morgan fingerprint density at radius 2 is 1.78 bits per heavy atom. The van der Waals surface area contributed by atoms with E-state index in [0.29, 0.717) is 29.6 Å². The van der Waals surface area contributed by atoms with Crippen LogP contribution in [-0.4, -0.2) is 36.0 Å². The Labute approximate surface area is 219 Å². The van der Waals surface area contributed by atoms with Gasteiger partial charge >= 0.3 is 0 Å². The first-order chi connectivity index (χ1) is 17.0. The lowest BCUT2D eigenvalue weighted by Crippen LogP contribution is -2.54. The molecule has 4 aliphatic carbocycles. The zero-order chi connectivity index (χ0) is 25.9. The Balaban J connectivity index is 1.58. The van der Waals surface area contributed by atoms with Crippen molar-refractivity contribution in [2.24, 2.45) is 34.5 Å². The zero-order valence-corrected chi connectivity index (χ0v) is 23.3. The average molecular weight is 490 g/mol. The molecule has 3 fully saturated rings. The second-order valence-corrected chi connectivity index (χ2v) is 13.5. The van der Waals surface area contributed by atoms with E-state index < -0.39 is 5.60 Å². The summed E-state index contributed by atoms with van der Waals surface area (Å²) in [6.45, 7) is 8.93.